The Hall–Kier alpha value is -3.00. The van der Waals surface area contributed by atoms with E-state index in [0.717, 1.165) is 36.9 Å². The number of aromatic nitrogens is 2. The number of aryl methyl sites for hydroxylation is 1. The average molecular weight is 472 g/mol. The first kappa shape index (κ1) is 24.6. The minimum atomic E-state index is -3.54. The number of nitrogens with one attached hydrogen (secondary N) is 1. The van der Waals surface area contributed by atoms with Gasteiger partial charge in [0.1, 0.15) is 5.82 Å². The highest BCUT2D eigenvalue weighted by Gasteiger charge is 2.26. The van der Waals surface area contributed by atoms with Gasteiger partial charge in [-0.15, -0.1) is 0 Å². The summed E-state index contributed by atoms with van der Waals surface area (Å²) in [6.07, 6.45) is 3.41. The lowest BCUT2D eigenvalue weighted by molar-refractivity contribution is 0.0788. The number of hydrogen-bond acceptors (Lipinski definition) is 4. The summed E-state index contributed by atoms with van der Waals surface area (Å²) in [6.45, 7) is 3.76. The summed E-state index contributed by atoms with van der Waals surface area (Å²) in [6, 6.07) is 14.7. The standard InChI is InChI=1S/C25H30FN3O3S/c1-18(2)33(31,32)24-14-7-6-13-22(24)25(30)29(3)15-8-4-5-12-21-17-23(28-27-21)19-10-9-11-20(26)16-19/h6-7,9-11,13-14,16-18H,4-5,8,12,15H2,1-3H3,(H,27,28). The van der Waals surface area contributed by atoms with Crippen LogP contribution in [0.1, 0.15) is 49.2 Å². The molecule has 176 valence electrons. The number of H-pyrrole nitrogens is 1. The summed E-state index contributed by atoms with van der Waals surface area (Å²) < 4.78 is 38.6. The second kappa shape index (κ2) is 10.7. The molecule has 1 amide bonds. The lowest BCUT2D eigenvalue weighted by Gasteiger charge is -2.19. The topological polar surface area (TPSA) is 83.1 Å². The number of carbonyl (C=O) groups is 1. The van der Waals surface area contributed by atoms with Gasteiger partial charge in [-0.25, -0.2) is 12.8 Å². The number of sulfone groups is 1. The molecule has 1 aromatic heterocycles. The van der Waals surface area contributed by atoms with Crippen LogP contribution in [-0.4, -0.2) is 48.3 Å². The Morgan fingerprint density at radius 1 is 1.06 bits per heavy atom. The SMILES string of the molecule is CC(C)S(=O)(=O)c1ccccc1C(=O)N(C)CCCCCc1cc(-c2cccc(F)c2)n[nH]1. The van der Waals surface area contributed by atoms with Crippen LogP contribution >= 0.6 is 0 Å². The number of rotatable bonds is 10. The Bertz CT molecular complexity index is 1200. The second-order valence-electron chi connectivity index (χ2n) is 8.42. The first-order valence-corrected chi connectivity index (χ1v) is 12.6. The summed E-state index contributed by atoms with van der Waals surface area (Å²) in [5.74, 6) is -0.580. The van der Waals surface area contributed by atoms with E-state index >= 15 is 0 Å². The Labute approximate surface area is 194 Å². The minimum absolute atomic E-state index is 0.0881. The zero-order chi connectivity index (χ0) is 24.0. The van der Waals surface area contributed by atoms with Gasteiger partial charge in [0, 0.05) is 24.8 Å². The number of amides is 1. The lowest BCUT2D eigenvalue weighted by atomic mass is 10.1. The van der Waals surface area contributed by atoms with Crippen LogP contribution in [-0.2, 0) is 16.3 Å². The predicted octanol–water partition coefficient (Wildman–Crippen LogP) is 4.88. The van der Waals surface area contributed by atoms with E-state index in [-0.39, 0.29) is 22.2 Å². The molecule has 0 bridgehead atoms. The molecule has 0 aliphatic rings. The fourth-order valence-electron chi connectivity index (χ4n) is 3.58. The highest BCUT2D eigenvalue weighted by Crippen LogP contribution is 2.22. The number of hydrogen-bond donors (Lipinski definition) is 1. The molecule has 0 aliphatic carbocycles. The predicted molar refractivity (Wildman–Crippen MR) is 127 cm³/mol. The van der Waals surface area contributed by atoms with Crippen LogP contribution in [0.2, 0.25) is 0 Å². The van der Waals surface area contributed by atoms with E-state index in [1.54, 1.807) is 50.1 Å². The minimum Gasteiger partial charge on any atom is -0.342 e. The molecule has 3 rings (SSSR count). The van der Waals surface area contributed by atoms with Crippen molar-refractivity contribution in [2.24, 2.45) is 0 Å². The number of carbonyl (C=O) groups excluding carboxylic acids is 1. The van der Waals surface area contributed by atoms with E-state index in [1.807, 2.05) is 12.1 Å². The molecule has 0 spiro atoms. The van der Waals surface area contributed by atoms with Crippen LogP contribution in [0, 0.1) is 5.82 Å². The maximum Gasteiger partial charge on any atom is 0.254 e. The van der Waals surface area contributed by atoms with Crippen LogP contribution in [0.15, 0.2) is 59.5 Å². The molecule has 0 saturated carbocycles. The van der Waals surface area contributed by atoms with E-state index in [2.05, 4.69) is 10.2 Å². The Morgan fingerprint density at radius 3 is 2.55 bits per heavy atom. The summed E-state index contributed by atoms with van der Waals surface area (Å²) in [4.78, 5) is 14.6. The molecule has 0 fully saturated rings. The van der Waals surface area contributed by atoms with Crippen LogP contribution in [0.3, 0.4) is 0 Å². The van der Waals surface area contributed by atoms with Gasteiger partial charge in [0.15, 0.2) is 9.84 Å². The van der Waals surface area contributed by atoms with E-state index < -0.39 is 15.1 Å². The van der Waals surface area contributed by atoms with E-state index in [0.29, 0.717) is 12.2 Å². The highest BCUT2D eigenvalue weighted by molar-refractivity contribution is 7.92. The summed E-state index contributed by atoms with van der Waals surface area (Å²) in [7, 11) is -1.85. The Morgan fingerprint density at radius 2 is 1.82 bits per heavy atom. The molecule has 1 heterocycles. The van der Waals surface area contributed by atoms with E-state index in [9.17, 15) is 17.6 Å². The molecular formula is C25H30FN3O3S. The molecule has 8 heteroatoms. The van der Waals surface area contributed by atoms with Crippen LogP contribution in [0.4, 0.5) is 4.39 Å². The van der Waals surface area contributed by atoms with Gasteiger partial charge in [-0.1, -0.05) is 30.7 Å². The van der Waals surface area contributed by atoms with Gasteiger partial charge in [-0.3, -0.25) is 9.89 Å². The normalized spacial score (nSPS) is 11.7. The highest BCUT2D eigenvalue weighted by atomic mass is 32.2. The summed E-state index contributed by atoms with van der Waals surface area (Å²) >= 11 is 0. The van der Waals surface area contributed by atoms with Crippen molar-refractivity contribution in [2.75, 3.05) is 13.6 Å². The third-order valence-corrected chi connectivity index (χ3v) is 7.79. The van der Waals surface area contributed by atoms with Crippen molar-refractivity contribution >= 4 is 15.7 Å². The second-order valence-corrected chi connectivity index (χ2v) is 10.9. The molecule has 0 radical (unpaired) electrons. The first-order chi connectivity index (χ1) is 15.7. The van der Waals surface area contributed by atoms with Crippen LogP contribution < -0.4 is 0 Å². The van der Waals surface area contributed by atoms with Crippen LogP contribution in [0.25, 0.3) is 11.3 Å². The lowest BCUT2D eigenvalue weighted by Crippen LogP contribution is -2.30. The molecular weight excluding hydrogens is 441 g/mol. The third-order valence-electron chi connectivity index (χ3n) is 5.58. The van der Waals surface area contributed by atoms with Gasteiger partial charge in [-0.2, -0.15) is 5.10 Å². The molecule has 6 nitrogen and oxygen atoms in total. The zero-order valence-electron chi connectivity index (χ0n) is 19.2. The Balaban J connectivity index is 1.50. The average Bonchev–Trinajstić information content (AvgIpc) is 3.27. The molecule has 0 aliphatic heterocycles. The number of benzene rings is 2. The maximum absolute atomic E-state index is 13.4. The zero-order valence-corrected chi connectivity index (χ0v) is 20.0. The van der Waals surface area contributed by atoms with Gasteiger partial charge >= 0.3 is 0 Å². The van der Waals surface area contributed by atoms with Gasteiger partial charge < -0.3 is 4.90 Å². The van der Waals surface area contributed by atoms with Crippen molar-refractivity contribution < 1.29 is 17.6 Å². The molecule has 33 heavy (non-hydrogen) atoms. The molecule has 0 saturated heterocycles. The van der Waals surface area contributed by atoms with Crippen molar-refractivity contribution in [1.29, 1.82) is 0 Å². The molecule has 1 N–H and O–H groups in total. The van der Waals surface area contributed by atoms with Crippen LogP contribution in [0.5, 0.6) is 0 Å². The van der Waals surface area contributed by atoms with Crippen molar-refractivity contribution in [1.82, 2.24) is 15.1 Å². The third kappa shape index (κ3) is 6.07. The van der Waals surface area contributed by atoms with Gasteiger partial charge in [0.05, 0.1) is 21.4 Å². The number of unbranched alkanes of at least 4 members (excludes halogenated alkanes) is 2. The fraction of sp³-hybridized carbons (Fsp3) is 0.360. The smallest absolute Gasteiger partial charge is 0.254 e. The van der Waals surface area contributed by atoms with E-state index in [1.165, 1.54) is 18.2 Å². The van der Waals surface area contributed by atoms with E-state index in [4.69, 9.17) is 0 Å². The largest absolute Gasteiger partial charge is 0.342 e. The monoisotopic (exact) mass is 471 g/mol. The fourth-order valence-corrected chi connectivity index (χ4v) is 4.82. The van der Waals surface area contributed by atoms with Crippen molar-refractivity contribution in [3.05, 3.63) is 71.7 Å². The number of nitrogens with zero attached hydrogens (tertiary/aromatic N) is 2. The molecule has 0 atom stereocenters. The quantitative estimate of drug-likeness (QED) is 0.427. The first-order valence-electron chi connectivity index (χ1n) is 11.1. The van der Waals surface area contributed by atoms with Gasteiger partial charge in [-0.05, 0) is 63.4 Å². The van der Waals surface area contributed by atoms with Gasteiger partial charge in [0.2, 0.25) is 0 Å². The van der Waals surface area contributed by atoms with Crippen molar-refractivity contribution in [3.8, 4) is 11.3 Å². The Kier molecular flexibility index (Phi) is 8.02. The number of aromatic amines is 1. The maximum atomic E-state index is 13.4. The summed E-state index contributed by atoms with van der Waals surface area (Å²) in [5, 5.41) is 6.66. The molecule has 2 aromatic carbocycles. The van der Waals surface area contributed by atoms with Crippen molar-refractivity contribution in [2.45, 2.75) is 49.7 Å². The van der Waals surface area contributed by atoms with Crippen molar-refractivity contribution in [3.63, 3.8) is 0 Å². The molecule has 0 unspecified atom stereocenters. The number of halogens is 1. The summed E-state index contributed by atoms with van der Waals surface area (Å²) in [5.41, 5.74) is 2.64. The molecule has 3 aromatic rings. The van der Waals surface area contributed by atoms with Gasteiger partial charge in [0.25, 0.3) is 5.91 Å².